The van der Waals surface area contributed by atoms with Crippen LogP contribution >= 0.6 is 0 Å². The smallest absolute Gasteiger partial charge is 0.251 e. The Balaban J connectivity index is 1.82. The molecule has 0 atom stereocenters. The minimum Gasteiger partial charge on any atom is -0.379 e. The lowest BCUT2D eigenvalue weighted by molar-refractivity contribution is -0.119. The zero-order valence-electron chi connectivity index (χ0n) is 23.6. The topological polar surface area (TPSA) is 117 Å². The van der Waals surface area contributed by atoms with Crippen LogP contribution in [0.5, 0.6) is 0 Å². The number of Topliss-reactive ketones (excluding diaryl/α,β-unsaturated/α-hetero) is 3. The van der Waals surface area contributed by atoms with Gasteiger partial charge in [-0.25, -0.2) is 0 Å². The van der Waals surface area contributed by atoms with E-state index in [1.54, 1.807) is 18.2 Å². The van der Waals surface area contributed by atoms with Crippen LogP contribution in [0, 0.1) is 0 Å². The monoisotopic (exact) mass is 555 g/mol. The molecule has 2 aromatic carbocycles. The largest absolute Gasteiger partial charge is 0.379 e. The molecule has 0 bridgehead atoms. The molecule has 0 aliphatic carbocycles. The minimum absolute atomic E-state index is 0.0222. The fourth-order valence-corrected chi connectivity index (χ4v) is 3.75. The van der Waals surface area contributed by atoms with Gasteiger partial charge in [0.25, 0.3) is 5.91 Å². The van der Waals surface area contributed by atoms with E-state index in [4.69, 9.17) is 18.9 Å². The molecule has 2 rings (SSSR count). The molecule has 0 aromatic heterocycles. The van der Waals surface area contributed by atoms with E-state index in [0.29, 0.717) is 107 Å². The normalized spacial score (nSPS) is 10.8. The molecule has 0 spiro atoms. The lowest BCUT2D eigenvalue weighted by Crippen LogP contribution is -2.28. The van der Waals surface area contributed by atoms with Gasteiger partial charge in [-0.15, -0.1) is 0 Å². The molecule has 0 aliphatic heterocycles. The Kier molecular flexibility index (Phi) is 16.3. The number of carbonyl (C=O) groups excluding carboxylic acids is 4. The van der Waals surface area contributed by atoms with Gasteiger partial charge < -0.3 is 24.3 Å². The van der Waals surface area contributed by atoms with Crippen LogP contribution in [-0.4, -0.2) is 82.7 Å². The standard InChI is InChI=1S/C31H41NO8/c1-24(33)13-17-38-21-20-37-16-7-12-30(35)28-10-5-3-8-26(28)27-9-4-6-11-29(27)31(36)32-15-19-40-23-22-39-18-14-25(2)34/h3-6,8-11H,7,12-23H2,1-2H3,(H,32,36). The van der Waals surface area contributed by atoms with Gasteiger partial charge in [-0.3, -0.25) is 19.2 Å². The van der Waals surface area contributed by atoms with Crippen LogP contribution in [0.25, 0.3) is 11.1 Å². The molecule has 1 N–H and O–H groups in total. The highest BCUT2D eigenvalue weighted by atomic mass is 16.5. The van der Waals surface area contributed by atoms with Crippen molar-refractivity contribution >= 4 is 23.3 Å². The zero-order chi connectivity index (χ0) is 29.0. The highest BCUT2D eigenvalue weighted by molar-refractivity contribution is 6.07. The van der Waals surface area contributed by atoms with E-state index in [-0.39, 0.29) is 23.3 Å². The summed E-state index contributed by atoms with van der Waals surface area (Å²) in [7, 11) is 0. The van der Waals surface area contributed by atoms with Gasteiger partial charge in [-0.05, 0) is 37.5 Å². The van der Waals surface area contributed by atoms with Gasteiger partial charge in [-0.1, -0.05) is 42.5 Å². The van der Waals surface area contributed by atoms with Gasteiger partial charge in [0, 0.05) is 43.5 Å². The SMILES string of the molecule is CC(=O)CCOCCOCCCC(=O)c1ccccc1-c1ccccc1C(=O)NCCOCCOCCC(C)=O. The third-order valence-electron chi connectivity index (χ3n) is 5.85. The second-order valence-electron chi connectivity index (χ2n) is 9.23. The van der Waals surface area contributed by atoms with Crippen molar-refractivity contribution in [1.29, 1.82) is 0 Å². The van der Waals surface area contributed by atoms with Gasteiger partial charge in [0.1, 0.15) is 11.6 Å². The molecule has 1 amide bonds. The van der Waals surface area contributed by atoms with E-state index in [2.05, 4.69) is 5.32 Å². The van der Waals surface area contributed by atoms with Crippen LogP contribution in [-0.2, 0) is 28.5 Å². The van der Waals surface area contributed by atoms with Crippen LogP contribution in [0.15, 0.2) is 48.5 Å². The molecule has 0 saturated heterocycles. The van der Waals surface area contributed by atoms with Crippen molar-refractivity contribution in [2.45, 2.75) is 39.5 Å². The van der Waals surface area contributed by atoms with Gasteiger partial charge in [0.2, 0.25) is 0 Å². The van der Waals surface area contributed by atoms with E-state index in [1.165, 1.54) is 13.8 Å². The summed E-state index contributed by atoms with van der Waals surface area (Å²) in [5, 5.41) is 2.87. The molecule has 9 nitrogen and oxygen atoms in total. The van der Waals surface area contributed by atoms with Crippen LogP contribution in [0.2, 0.25) is 0 Å². The van der Waals surface area contributed by atoms with Gasteiger partial charge in [-0.2, -0.15) is 0 Å². The lowest BCUT2D eigenvalue weighted by atomic mass is 9.92. The molecule has 0 aliphatic rings. The van der Waals surface area contributed by atoms with Crippen LogP contribution in [0.1, 0.15) is 60.2 Å². The average Bonchev–Trinajstić information content (AvgIpc) is 2.94. The Morgan fingerprint density at radius 1 is 0.575 bits per heavy atom. The number of benzene rings is 2. The summed E-state index contributed by atoms with van der Waals surface area (Å²) in [6.45, 7) is 6.47. The van der Waals surface area contributed by atoms with Crippen molar-refractivity contribution in [3.8, 4) is 11.1 Å². The Morgan fingerprint density at radius 3 is 1.62 bits per heavy atom. The number of hydrogen-bond acceptors (Lipinski definition) is 8. The summed E-state index contributed by atoms with van der Waals surface area (Å²) in [5.41, 5.74) is 2.42. The van der Waals surface area contributed by atoms with E-state index in [1.807, 2.05) is 30.3 Å². The van der Waals surface area contributed by atoms with Gasteiger partial charge in [0.05, 0.1) is 46.2 Å². The maximum atomic E-state index is 13.1. The highest BCUT2D eigenvalue weighted by Gasteiger charge is 2.17. The average molecular weight is 556 g/mol. The highest BCUT2D eigenvalue weighted by Crippen LogP contribution is 2.28. The molecule has 0 unspecified atom stereocenters. The van der Waals surface area contributed by atoms with Crippen molar-refractivity contribution in [2.24, 2.45) is 0 Å². The summed E-state index contributed by atoms with van der Waals surface area (Å²) in [5.74, 6) is -0.0970. The molecule has 0 saturated carbocycles. The van der Waals surface area contributed by atoms with E-state index in [0.717, 1.165) is 0 Å². The van der Waals surface area contributed by atoms with E-state index < -0.39 is 0 Å². The zero-order valence-corrected chi connectivity index (χ0v) is 23.6. The summed E-state index contributed by atoms with van der Waals surface area (Å²) in [6, 6.07) is 14.5. The molecule has 0 fully saturated rings. The first-order chi connectivity index (χ1) is 19.4. The lowest BCUT2D eigenvalue weighted by Gasteiger charge is -2.14. The predicted octanol–water partition coefficient (Wildman–Crippen LogP) is 4.07. The molecular weight excluding hydrogens is 514 g/mol. The number of hydrogen-bond donors (Lipinski definition) is 1. The van der Waals surface area contributed by atoms with Crippen molar-refractivity contribution in [2.75, 3.05) is 59.4 Å². The fourth-order valence-electron chi connectivity index (χ4n) is 3.75. The first-order valence-electron chi connectivity index (χ1n) is 13.7. The molecule has 0 heterocycles. The third kappa shape index (κ3) is 13.2. The van der Waals surface area contributed by atoms with E-state index in [9.17, 15) is 19.2 Å². The first-order valence-corrected chi connectivity index (χ1v) is 13.7. The van der Waals surface area contributed by atoms with Crippen molar-refractivity contribution in [1.82, 2.24) is 5.32 Å². The Hall–Kier alpha value is -3.24. The summed E-state index contributed by atoms with van der Waals surface area (Å²) < 4.78 is 21.7. The number of rotatable bonds is 22. The van der Waals surface area contributed by atoms with Crippen LogP contribution in [0.4, 0.5) is 0 Å². The summed E-state index contributed by atoms with van der Waals surface area (Å²) in [4.78, 5) is 47.8. The maximum absolute atomic E-state index is 13.1. The molecule has 0 radical (unpaired) electrons. The molecule has 40 heavy (non-hydrogen) atoms. The number of ketones is 3. The van der Waals surface area contributed by atoms with E-state index >= 15 is 0 Å². The number of ether oxygens (including phenoxy) is 4. The van der Waals surface area contributed by atoms with Crippen LogP contribution < -0.4 is 5.32 Å². The van der Waals surface area contributed by atoms with Gasteiger partial charge in [0.15, 0.2) is 5.78 Å². The maximum Gasteiger partial charge on any atom is 0.251 e. The first kappa shape index (κ1) is 33.0. The quantitative estimate of drug-likeness (QED) is 0.171. The summed E-state index contributed by atoms with van der Waals surface area (Å²) in [6.07, 6.45) is 1.66. The molecule has 2 aromatic rings. The number of nitrogens with one attached hydrogen (secondary N) is 1. The Labute approximate surface area is 236 Å². The third-order valence-corrected chi connectivity index (χ3v) is 5.85. The summed E-state index contributed by atoms with van der Waals surface area (Å²) >= 11 is 0. The minimum atomic E-state index is -0.252. The fraction of sp³-hybridized carbons (Fsp3) is 0.484. The second kappa shape index (κ2) is 19.8. The number of carbonyl (C=O) groups is 4. The Morgan fingerprint density at radius 2 is 1.05 bits per heavy atom. The van der Waals surface area contributed by atoms with Crippen molar-refractivity contribution in [3.05, 3.63) is 59.7 Å². The second-order valence-corrected chi connectivity index (χ2v) is 9.23. The molecule has 9 heteroatoms. The molecular formula is C31H41NO8. The Bertz CT molecular complexity index is 999. The predicted molar refractivity (Wildman–Crippen MR) is 152 cm³/mol. The van der Waals surface area contributed by atoms with Crippen molar-refractivity contribution < 1.29 is 38.1 Å². The molecule has 218 valence electrons. The van der Waals surface area contributed by atoms with Crippen LogP contribution in [0.3, 0.4) is 0 Å². The van der Waals surface area contributed by atoms with Gasteiger partial charge >= 0.3 is 0 Å². The number of amides is 1. The van der Waals surface area contributed by atoms with Crippen molar-refractivity contribution in [3.63, 3.8) is 0 Å².